The maximum atomic E-state index is 13.2. The predicted octanol–water partition coefficient (Wildman–Crippen LogP) is 1.47. The van der Waals surface area contributed by atoms with Crippen molar-refractivity contribution >= 4 is 17.6 Å². The minimum atomic E-state index is -0.557. The van der Waals surface area contributed by atoms with E-state index in [4.69, 9.17) is 10.9 Å². The molecule has 0 aliphatic rings. The number of nitrogens with zero attached hydrogens (tertiary/aromatic N) is 1. The smallest absolute Gasteiger partial charge is 0.319 e. The molecule has 1 unspecified atom stereocenters. The highest BCUT2D eigenvalue weighted by atomic mass is 19.1. The van der Waals surface area contributed by atoms with E-state index in [1.54, 1.807) is 13.0 Å². The van der Waals surface area contributed by atoms with E-state index in [1.165, 1.54) is 18.2 Å². The van der Waals surface area contributed by atoms with Crippen LogP contribution < -0.4 is 16.4 Å². The van der Waals surface area contributed by atoms with Crippen LogP contribution in [0.4, 0.5) is 14.9 Å². The summed E-state index contributed by atoms with van der Waals surface area (Å²) in [5, 5.41) is 16.1. The molecule has 0 bridgehead atoms. The SMILES string of the molecule is CC(C/C(N)=N/O)NC(=O)Nc1ccccc1F. The number of nitrogens with two attached hydrogens (primary N) is 1. The van der Waals surface area contributed by atoms with Crippen LogP contribution in [-0.2, 0) is 0 Å². The first-order valence-electron chi connectivity index (χ1n) is 5.31. The Labute approximate surface area is 104 Å². The van der Waals surface area contributed by atoms with Gasteiger partial charge in [0.15, 0.2) is 0 Å². The number of hydrogen-bond acceptors (Lipinski definition) is 3. The lowest BCUT2D eigenvalue weighted by atomic mass is 10.2. The van der Waals surface area contributed by atoms with Crippen molar-refractivity contribution in [3.63, 3.8) is 0 Å². The zero-order valence-corrected chi connectivity index (χ0v) is 9.85. The van der Waals surface area contributed by atoms with Crippen molar-refractivity contribution in [2.45, 2.75) is 19.4 Å². The first-order valence-corrected chi connectivity index (χ1v) is 5.31. The van der Waals surface area contributed by atoms with Crippen molar-refractivity contribution in [3.8, 4) is 0 Å². The molecule has 2 amide bonds. The fraction of sp³-hybridized carbons (Fsp3) is 0.273. The summed E-state index contributed by atoms with van der Waals surface area (Å²) >= 11 is 0. The second kappa shape index (κ2) is 6.43. The minimum Gasteiger partial charge on any atom is -0.409 e. The number of benzene rings is 1. The van der Waals surface area contributed by atoms with Crippen LogP contribution in [0.2, 0.25) is 0 Å². The van der Waals surface area contributed by atoms with Gasteiger partial charge >= 0.3 is 6.03 Å². The third-order valence-electron chi connectivity index (χ3n) is 2.14. The molecule has 0 saturated carbocycles. The molecule has 6 nitrogen and oxygen atoms in total. The maximum Gasteiger partial charge on any atom is 0.319 e. The summed E-state index contributed by atoms with van der Waals surface area (Å²) in [7, 11) is 0. The number of para-hydroxylation sites is 1. The molecule has 0 spiro atoms. The van der Waals surface area contributed by atoms with Gasteiger partial charge in [-0.2, -0.15) is 0 Å². The summed E-state index contributed by atoms with van der Waals surface area (Å²) < 4.78 is 13.2. The Hall–Kier alpha value is -2.31. The standard InChI is InChI=1S/C11H15FN4O2/c1-7(6-10(13)16-18)14-11(17)15-9-5-3-2-4-8(9)12/h2-5,7,18H,6H2,1H3,(H2,13,16)(H2,14,15,17). The van der Waals surface area contributed by atoms with E-state index in [0.29, 0.717) is 0 Å². The molecule has 0 saturated heterocycles. The number of carbonyl (C=O) groups is 1. The van der Waals surface area contributed by atoms with Crippen molar-refractivity contribution in [3.05, 3.63) is 30.1 Å². The Kier molecular flexibility index (Phi) is 4.91. The van der Waals surface area contributed by atoms with Gasteiger partial charge in [0.1, 0.15) is 11.7 Å². The van der Waals surface area contributed by atoms with Crippen LogP contribution >= 0.6 is 0 Å². The van der Waals surface area contributed by atoms with Crippen LogP contribution in [0.25, 0.3) is 0 Å². The molecule has 0 fully saturated rings. The summed E-state index contributed by atoms with van der Waals surface area (Å²) in [6.07, 6.45) is 0.196. The number of urea groups is 1. The second-order valence-corrected chi connectivity index (χ2v) is 3.77. The second-order valence-electron chi connectivity index (χ2n) is 3.77. The zero-order chi connectivity index (χ0) is 13.5. The van der Waals surface area contributed by atoms with Crippen LogP contribution in [0.3, 0.4) is 0 Å². The van der Waals surface area contributed by atoms with E-state index in [2.05, 4.69) is 15.8 Å². The van der Waals surface area contributed by atoms with Crippen molar-refractivity contribution < 1.29 is 14.4 Å². The van der Waals surface area contributed by atoms with Crippen molar-refractivity contribution in [1.29, 1.82) is 0 Å². The molecule has 7 heteroatoms. The van der Waals surface area contributed by atoms with Crippen molar-refractivity contribution in [2.75, 3.05) is 5.32 Å². The summed E-state index contributed by atoms with van der Waals surface area (Å²) in [5.41, 5.74) is 5.38. The maximum absolute atomic E-state index is 13.2. The molecule has 0 radical (unpaired) electrons. The molecular weight excluding hydrogens is 239 g/mol. The Morgan fingerprint density at radius 3 is 2.83 bits per heavy atom. The van der Waals surface area contributed by atoms with Crippen LogP contribution in [0.5, 0.6) is 0 Å². The zero-order valence-electron chi connectivity index (χ0n) is 9.85. The number of anilines is 1. The van der Waals surface area contributed by atoms with E-state index in [0.717, 1.165) is 0 Å². The number of carbonyl (C=O) groups excluding carboxylic acids is 1. The third kappa shape index (κ3) is 4.28. The monoisotopic (exact) mass is 254 g/mol. The molecule has 18 heavy (non-hydrogen) atoms. The van der Waals surface area contributed by atoms with Crippen molar-refractivity contribution in [2.24, 2.45) is 10.9 Å². The molecule has 5 N–H and O–H groups in total. The molecule has 0 heterocycles. The van der Waals surface area contributed by atoms with Gasteiger partial charge in [-0.15, -0.1) is 0 Å². The van der Waals surface area contributed by atoms with E-state index in [9.17, 15) is 9.18 Å². The molecular formula is C11H15FN4O2. The quantitative estimate of drug-likeness (QED) is 0.283. The fourth-order valence-corrected chi connectivity index (χ4v) is 1.35. The number of rotatable bonds is 4. The fourth-order valence-electron chi connectivity index (χ4n) is 1.35. The van der Waals surface area contributed by atoms with Crippen molar-refractivity contribution in [1.82, 2.24) is 5.32 Å². The Morgan fingerprint density at radius 1 is 1.56 bits per heavy atom. The van der Waals surface area contributed by atoms with Gasteiger partial charge in [-0.1, -0.05) is 17.3 Å². The Balaban J connectivity index is 2.50. The molecule has 1 rings (SSSR count). The number of amides is 2. The van der Waals surface area contributed by atoms with Gasteiger partial charge < -0.3 is 21.6 Å². The van der Waals surface area contributed by atoms with Gasteiger partial charge in [-0.05, 0) is 19.1 Å². The first kappa shape index (κ1) is 13.8. The average Bonchev–Trinajstić information content (AvgIpc) is 2.31. The topological polar surface area (TPSA) is 99.7 Å². The molecule has 0 aliphatic heterocycles. The number of hydrogen-bond donors (Lipinski definition) is 4. The van der Waals surface area contributed by atoms with Gasteiger partial charge in [0.25, 0.3) is 0 Å². The summed E-state index contributed by atoms with van der Waals surface area (Å²) in [6, 6.07) is 4.93. The molecule has 0 aromatic heterocycles. The Morgan fingerprint density at radius 2 is 2.22 bits per heavy atom. The van der Waals surface area contributed by atoms with Crippen LogP contribution in [-0.4, -0.2) is 23.1 Å². The molecule has 98 valence electrons. The van der Waals surface area contributed by atoms with Gasteiger partial charge in [0, 0.05) is 12.5 Å². The molecule has 1 atom stereocenters. The highest BCUT2D eigenvalue weighted by Gasteiger charge is 2.10. The number of nitrogens with one attached hydrogen (secondary N) is 2. The van der Waals surface area contributed by atoms with E-state index < -0.39 is 11.8 Å². The van der Waals surface area contributed by atoms with E-state index in [-0.39, 0.29) is 24.0 Å². The third-order valence-corrected chi connectivity index (χ3v) is 2.14. The lowest BCUT2D eigenvalue weighted by molar-refractivity contribution is 0.249. The van der Waals surface area contributed by atoms with Crippen LogP contribution in [0.1, 0.15) is 13.3 Å². The van der Waals surface area contributed by atoms with Crippen LogP contribution in [0.15, 0.2) is 29.4 Å². The van der Waals surface area contributed by atoms with E-state index in [1.807, 2.05) is 0 Å². The first-order chi connectivity index (χ1) is 8.52. The number of halogens is 1. The highest BCUT2D eigenvalue weighted by molar-refractivity contribution is 5.90. The predicted molar refractivity (Wildman–Crippen MR) is 66.0 cm³/mol. The highest BCUT2D eigenvalue weighted by Crippen LogP contribution is 2.11. The summed E-state index contributed by atoms with van der Waals surface area (Å²) in [4.78, 5) is 11.5. The summed E-state index contributed by atoms with van der Waals surface area (Å²) in [5.74, 6) is -0.509. The Bertz CT molecular complexity index is 450. The minimum absolute atomic E-state index is 0.00805. The largest absolute Gasteiger partial charge is 0.409 e. The average molecular weight is 254 g/mol. The number of amidine groups is 1. The number of oxime groups is 1. The lowest BCUT2D eigenvalue weighted by Crippen LogP contribution is -2.38. The molecule has 0 aliphatic carbocycles. The van der Waals surface area contributed by atoms with Crippen LogP contribution in [0, 0.1) is 5.82 Å². The lowest BCUT2D eigenvalue weighted by Gasteiger charge is -2.14. The van der Waals surface area contributed by atoms with E-state index >= 15 is 0 Å². The van der Waals surface area contributed by atoms with Gasteiger partial charge in [0.05, 0.1) is 5.69 Å². The van der Waals surface area contributed by atoms with Gasteiger partial charge in [0.2, 0.25) is 0 Å². The normalized spacial score (nSPS) is 12.9. The van der Waals surface area contributed by atoms with Gasteiger partial charge in [-0.3, -0.25) is 0 Å². The van der Waals surface area contributed by atoms with Gasteiger partial charge in [-0.25, -0.2) is 9.18 Å². The molecule has 1 aromatic rings. The summed E-state index contributed by atoms with van der Waals surface area (Å²) in [6.45, 7) is 1.68. The molecule has 1 aromatic carbocycles.